The largest absolute Gasteiger partial charge is 0.478 e. The molecule has 2 N–H and O–H groups in total. The van der Waals surface area contributed by atoms with E-state index in [9.17, 15) is 4.79 Å². The van der Waals surface area contributed by atoms with Crippen molar-refractivity contribution in [3.63, 3.8) is 0 Å². The first kappa shape index (κ1) is 13.9. The molecule has 0 aliphatic heterocycles. The van der Waals surface area contributed by atoms with Crippen LogP contribution in [0.15, 0.2) is 18.2 Å². The normalized spacial score (nSPS) is 15.6. The number of rotatable bonds is 6. The monoisotopic (exact) mass is 261 g/mol. The molecule has 2 rings (SSSR count). The molecule has 1 aliphatic rings. The van der Waals surface area contributed by atoms with E-state index in [4.69, 9.17) is 5.11 Å². The van der Waals surface area contributed by atoms with Gasteiger partial charge in [0.15, 0.2) is 0 Å². The molecule has 0 radical (unpaired) electrons. The van der Waals surface area contributed by atoms with Gasteiger partial charge in [-0.2, -0.15) is 0 Å². The van der Waals surface area contributed by atoms with E-state index in [1.165, 1.54) is 38.5 Å². The first-order valence-corrected chi connectivity index (χ1v) is 7.24. The third kappa shape index (κ3) is 3.98. The second-order valence-electron chi connectivity index (χ2n) is 5.55. The molecule has 3 heteroatoms. The lowest BCUT2D eigenvalue weighted by Crippen LogP contribution is -2.06. The number of aryl methyl sites for hydroxylation is 1. The van der Waals surface area contributed by atoms with Gasteiger partial charge in [0.2, 0.25) is 0 Å². The van der Waals surface area contributed by atoms with E-state index in [1.807, 2.05) is 19.1 Å². The van der Waals surface area contributed by atoms with Gasteiger partial charge in [-0.3, -0.25) is 0 Å². The summed E-state index contributed by atoms with van der Waals surface area (Å²) in [6.07, 6.45) is 8.16. The van der Waals surface area contributed by atoms with Gasteiger partial charge in [-0.05, 0) is 49.4 Å². The van der Waals surface area contributed by atoms with Crippen molar-refractivity contribution >= 4 is 11.7 Å². The number of carbonyl (C=O) groups is 1. The predicted octanol–water partition coefficient (Wildman–Crippen LogP) is 4.08. The number of hydrogen-bond donors (Lipinski definition) is 2. The van der Waals surface area contributed by atoms with E-state index in [-0.39, 0.29) is 0 Å². The molecular weight excluding hydrogens is 238 g/mol. The molecule has 0 heterocycles. The first-order chi connectivity index (χ1) is 9.16. The Balaban J connectivity index is 1.76. The number of carboxylic acids is 1. The minimum atomic E-state index is -0.856. The second-order valence-corrected chi connectivity index (χ2v) is 5.55. The van der Waals surface area contributed by atoms with Crippen LogP contribution in [0.25, 0.3) is 0 Å². The Labute approximate surface area is 115 Å². The van der Waals surface area contributed by atoms with E-state index in [0.717, 1.165) is 23.7 Å². The summed E-state index contributed by atoms with van der Waals surface area (Å²) in [5.41, 5.74) is 2.22. The zero-order valence-electron chi connectivity index (χ0n) is 11.6. The molecule has 1 fully saturated rings. The highest BCUT2D eigenvalue weighted by Gasteiger charge is 2.14. The molecule has 0 saturated heterocycles. The van der Waals surface area contributed by atoms with Gasteiger partial charge < -0.3 is 10.4 Å². The molecule has 1 saturated carbocycles. The Bertz CT molecular complexity index is 436. The quantitative estimate of drug-likeness (QED) is 0.759. The lowest BCUT2D eigenvalue weighted by Gasteiger charge is -2.11. The van der Waals surface area contributed by atoms with Crippen LogP contribution >= 0.6 is 0 Å². The molecule has 1 aromatic carbocycles. The van der Waals surface area contributed by atoms with Crippen molar-refractivity contribution in [2.24, 2.45) is 5.92 Å². The maximum atomic E-state index is 10.9. The Hall–Kier alpha value is -1.51. The van der Waals surface area contributed by atoms with Crippen LogP contribution in [0.4, 0.5) is 5.69 Å². The average Bonchev–Trinajstić information content (AvgIpc) is 2.87. The van der Waals surface area contributed by atoms with Crippen molar-refractivity contribution in [2.75, 3.05) is 11.9 Å². The van der Waals surface area contributed by atoms with E-state index in [1.54, 1.807) is 6.07 Å². The van der Waals surface area contributed by atoms with Gasteiger partial charge in [-0.1, -0.05) is 25.7 Å². The standard InChI is InChI=1S/C16H23NO2/c1-12-11-14(8-9-15(12)16(18)19)17-10-4-7-13-5-2-3-6-13/h8-9,11,13,17H,2-7,10H2,1H3,(H,18,19). The molecule has 0 aromatic heterocycles. The highest BCUT2D eigenvalue weighted by molar-refractivity contribution is 5.89. The fourth-order valence-corrected chi connectivity index (χ4v) is 2.94. The van der Waals surface area contributed by atoms with Crippen molar-refractivity contribution < 1.29 is 9.90 Å². The number of carboxylic acid groups (broad SMARTS) is 1. The molecular formula is C16H23NO2. The molecule has 0 unspecified atom stereocenters. The topological polar surface area (TPSA) is 49.3 Å². The zero-order valence-corrected chi connectivity index (χ0v) is 11.6. The van der Waals surface area contributed by atoms with Crippen molar-refractivity contribution in [1.82, 2.24) is 0 Å². The fraction of sp³-hybridized carbons (Fsp3) is 0.562. The Morgan fingerprint density at radius 2 is 2.11 bits per heavy atom. The lowest BCUT2D eigenvalue weighted by atomic mass is 10.0. The number of hydrogen-bond acceptors (Lipinski definition) is 2. The Morgan fingerprint density at radius 3 is 2.74 bits per heavy atom. The van der Waals surface area contributed by atoms with E-state index >= 15 is 0 Å². The summed E-state index contributed by atoms with van der Waals surface area (Å²) in [6.45, 7) is 2.81. The molecule has 19 heavy (non-hydrogen) atoms. The highest BCUT2D eigenvalue weighted by Crippen LogP contribution is 2.28. The fourth-order valence-electron chi connectivity index (χ4n) is 2.94. The number of nitrogens with one attached hydrogen (secondary N) is 1. The molecule has 0 amide bonds. The van der Waals surface area contributed by atoms with Crippen LogP contribution in [0.1, 0.15) is 54.4 Å². The molecule has 0 bridgehead atoms. The number of benzene rings is 1. The number of aromatic carboxylic acids is 1. The maximum absolute atomic E-state index is 10.9. The van der Waals surface area contributed by atoms with Crippen LogP contribution in [0, 0.1) is 12.8 Å². The Kier molecular flexibility index (Phi) is 4.83. The first-order valence-electron chi connectivity index (χ1n) is 7.24. The van der Waals surface area contributed by atoms with Crippen LogP contribution in [-0.4, -0.2) is 17.6 Å². The van der Waals surface area contributed by atoms with E-state index in [2.05, 4.69) is 5.32 Å². The molecule has 0 spiro atoms. The summed E-state index contributed by atoms with van der Waals surface area (Å²) in [5.74, 6) is 0.0863. The third-order valence-corrected chi connectivity index (χ3v) is 4.05. The van der Waals surface area contributed by atoms with Crippen molar-refractivity contribution in [3.05, 3.63) is 29.3 Å². The number of anilines is 1. The summed E-state index contributed by atoms with van der Waals surface area (Å²) in [5, 5.41) is 12.4. The summed E-state index contributed by atoms with van der Waals surface area (Å²) < 4.78 is 0. The minimum Gasteiger partial charge on any atom is -0.478 e. The van der Waals surface area contributed by atoms with Crippen LogP contribution < -0.4 is 5.32 Å². The zero-order chi connectivity index (χ0) is 13.7. The molecule has 3 nitrogen and oxygen atoms in total. The van der Waals surface area contributed by atoms with Crippen LogP contribution in [0.2, 0.25) is 0 Å². The van der Waals surface area contributed by atoms with Crippen LogP contribution in [0.5, 0.6) is 0 Å². The van der Waals surface area contributed by atoms with Crippen molar-refractivity contribution in [3.8, 4) is 0 Å². The molecule has 1 aromatic rings. The van der Waals surface area contributed by atoms with Gasteiger partial charge in [0.1, 0.15) is 0 Å². The molecule has 104 valence electrons. The van der Waals surface area contributed by atoms with Gasteiger partial charge >= 0.3 is 5.97 Å². The van der Waals surface area contributed by atoms with Gasteiger partial charge in [-0.15, -0.1) is 0 Å². The SMILES string of the molecule is Cc1cc(NCCCC2CCCC2)ccc1C(=O)O. The van der Waals surface area contributed by atoms with Gasteiger partial charge in [0.05, 0.1) is 5.56 Å². The Morgan fingerprint density at radius 1 is 1.37 bits per heavy atom. The predicted molar refractivity (Wildman–Crippen MR) is 77.8 cm³/mol. The maximum Gasteiger partial charge on any atom is 0.335 e. The smallest absolute Gasteiger partial charge is 0.335 e. The third-order valence-electron chi connectivity index (χ3n) is 4.05. The molecule has 0 atom stereocenters. The summed E-state index contributed by atoms with van der Waals surface area (Å²) in [7, 11) is 0. The van der Waals surface area contributed by atoms with Crippen LogP contribution in [0.3, 0.4) is 0 Å². The van der Waals surface area contributed by atoms with Gasteiger partial charge in [-0.25, -0.2) is 4.79 Å². The van der Waals surface area contributed by atoms with Crippen molar-refractivity contribution in [2.45, 2.75) is 45.4 Å². The summed E-state index contributed by atoms with van der Waals surface area (Å²) >= 11 is 0. The van der Waals surface area contributed by atoms with Gasteiger partial charge in [0, 0.05) is 12.2 Å². The van der Waals surface area contributed by atoms with Crippen LogP contribution in [-0.2, 0) is 0 Å². The highest BCUT2D eigenvalue weighted by atomic mass is 16.4. The van der Waals surface area contributed by atoms with E-state index < -0.39 is 5.97 Å². The lowest BCUT2D eigenvalue weighted by molar-refractivity contribution is 0.0696. The summed E-state index contributed by atoms with van der Waals surface area (Å²) in [6, 6.07) is 5.45. The van der Waals surface area contributed by atoms with Gasteiger partial charge in [0.25, 0.3) is 0 Å². The minimum absolute atomic E-state index is 0.386. The van der Waals surface area contributed by atoms with Crippen molar-refractivity contribution in [1.29, 1.82) is 0 Å². The second kappa shape index (κ2) is 6.60. The molecule has 1 aliphatic carbocycles. The average molecular weight is 261 g/mol. The van der Waals surface area contributed by atoms with E-state index in [0.29, 0.717) is 5.56 Å². The summed E-state index contributed by atoms with van der Waals surface area (Å²) in [4.78, 5) is 10.9.